The van der Waals surface area contributed by atoms with E-state index < -0.39 is 20.9 Å². The quantitative estimate of drug-likeness (QED) is 0.452. The van der Waals surface area contributed by atoms with Crippen molar-refractivity contribution in [3.63, 3.8) is 0 Å². The molecule has 0 aliphatic carbocycles. The maximum absolute atomic E-state index is 10.4. The van der Waals surface area contributed by atoms with Gasteiger partial charge >= 0.3 is 0 Å². The second-order valence-electron chi connectivity index (χ2n) is 2.71. The molecule has 1 aromatic rings. The Hall–Kier alpha value is -1.67. The molecule has 7 nitrogen and oxygen atoms in total. The standard InChI is InChI=1S/C7H8N2O5S/c10-9(11)7-3-1-2-6(4-7)8-5-15(12,13)14/h1-4,8H,5H2,(H,12,13,14). The zero-order valence-electron chi connectivity index (χ0n) is 7.45. The Balaban J connectivity index is 2.79. The highest BCUT2D eigenvalue weighted by atomic mass is 32.2. The van der Waals surface area contributed by atoms with Crippen molar-refractivity contribution >= 4 is 21.5 Å². The molecule has 15 heavy (non-hydrogen) atoms. The third-order valence-electron chi connectivity index (χ3n) is 1.52. The van der Waals surface area contributed by atoms with E-state index in [9.17, 15) is 18.5 Å². The van der Waals surface area contributed by atoms with E-state index in [-0.39, 0.29) is 11.4 Å². The first-order valence-electron chi connectivity index (χ1n) is 3.82. The summed E-state index contributed by atoms with van der Waals surface area (Å²) in [6, 6.07) is 5.31. The molecule has 0 aliphatic heterocycles. The van der Waals surface area contributed by atoms with Crippen LogP contribution in [0.2, 0.25) is 0 Å². The molecule has 0 heterocycles. The average Bonchev–Trinajstić information content (AvgIpc) is 2.14. The van der Waals surface area contributed by atoms with E-state index in [2.05, 4.69) is 5.32 Å². The summed E-state index contributed by atoms with van der Waals surface area (Å²) in [5.74, 6) is -0.686. The lowest BCUT2D eigenvalue weighted by Crippen LogP contribution is -2.12. The van der Waals surface area contributed by atoms with Gasteiger partial charge in [0.1, 0.15) is 5.88 Å². The summed E-state index contributed by atoms with van der Waals surface area (Å²) < 4.78 is 29.2. The van der Waals surface area contributed by atoms with Gasteiger partial charge in [-0.05, 0) is 6.07 Å². The molecular weight excluding hydrogens is 224 g/mol. The number of nitrogens with one attached hydrogen (secondary N) is 1. The first-order valence-corrected chi connectivity index (χ1v) is 5.43. The number of non-ortho nitro benzene ring substituents is 1. The SMILES string of the molecule is O=[N+]([O-])c1cccc(NCS(=O)(=O)O)c1. The molecule has 0 atom stereocenters. The summed E-state index contributed by atoms with van der Waals surface area (Å²) in [5.41, 5.74) is 0.0946. The normalized spacial score (nSPS) is 11.0. The highest BCUT2D eigenvalue weighted by molar-refractivity contribution is 7.85. The van der Waals surface area contributed by atoms with Crippen LogP contribution < -0.4 is 5.32 Å². The number of rotatable bonds is 4. The van der Waals surface area contributed by atoms with Gasteiger partial charge in [0.2, 0.25) is 0 Å². The van der Waals surface area contributed by atoms with Crippen molar-refractivity contribution < 1.29 is 17.9 Å². The van der Waals surface area contributed by atoms with E-state index >= 15 is 0 Å². The van der Waals surface area contributed by atoms with Crippen LogP contribution in [0.25, 0.3) is 0 Å². The smallest absolute Gasteiger partial charge is 0.283 e. The monoisotopic (exact) mass is 232 g/mol. The molecule has 2 N–H and O–H groups in total. The summed E-state index contributed by atoms with van der Waals surface area (Å²) in [6.45, 7) is 0. The van der Waals surface area contributed by atoms with E-state index in [0.717, 1.165) is 0 Å². The number of nitro groups is 1. The van der Waals surface area contributed by atoms with Crippen molar-refractivity contribution in [3.8, 4) is 0 Å². The van der Waals surface area contributed by atoms with E-state index in [1.165, 1.54) is 24.3 Å². The minimum Gasteiger partial charge on any atom is -0.369 e. The molecule has 82 valence electrons. The Kier molecular flexibility index (Phi) is 3.22. The predicted octanol–water partition coefficient (Wildman–Crippen LogP) is 0.852. The van der Waals surface area contributed by atoms with E-state index in [4.69, 9.17) is 4.55 Å². The molecule has 1 aromatic carbocycles. The number of hydrogen-bond donors (Lipinski definition) is 2. The molecule has 0 saturated heterocycles. The maximum Gasteiger partial charge on any atom is 0.283 e. The summed E-state index contributed by atoms with van der Waals surface area (Å²) in [4.78, 5) is 9.77. The van der Waals surface area contributed by atoms with Crippen molar-refractivity contribution in [2.24, 2.45) is 0 Å². The number of nitrogens with zero attached hydrogens (tertiary/aromatic N) is 1. The largest absolute Gasteiger partial charge is 0.369 e. The van der Waals surface area contributed by atoms with Gasteiger partial charge in [0, 0.05) is 17.8 Å². The minimum absolute atomic E-state index is 0.157. The summed E-state index contributed by atoms with van der Waals surface area (Å²) in [7, 11) is -4.14. The van der Waals surface area contributed by atoms with Crippen molar-refractivity contribution in [2.45, 2.75) is 0 Å². The molecule has 0 spiro atoms. The van der Waals surface area contributed by atoms with E-state index in [1.54, 1.807) is 0 Å². The first-order chi connectivity index (χ1) is 6.88. The highest BCUT2D eigenvalue weighted by Crippen LogP contribution is 2.16. The topological polar surface area (TPSA) is 110 Å². The van der Waals surface area contributed by atoms with Gasteiger partial charge in [-0.1, -0.05) is 6.07 Å². The zero-order valence-corrected chi connectivity index (χ0v) is 8.27. The van der Waals surface area contributed by atoms with Crippen molar-refractivity contribution in [3.05, 3.63) is 34.4 Å². The molecule has 0 unspecified atom stereocenters. The second-order valence-corrected chi connectivity index (χ2v) is 4.16. The van der Waals surface area contributed by atoms with Crippen molar-refractivity contribution in [1.29, 1.82) is 0 Å². The molecule has 0 fully saturated rings. The van der Waals surface area contributed by atoms with Crippen LogP contribution in [-0.4, -0.2) is 23.8 Å². The van der Waals surface area contributed by atoms with Crippen LogP contribution in [0.4, 0.5) is 11.4 Å². The lowest BCUT2D eigenvalue weighted by atomic mass is 10.3. The molecule has 1 rings (SSSR count). The minimum atomic E-state index is -4.14. The number of benzene rings is 1. The van der Waals surface area contributed by atoms with Gasteiger partial charge in [-0.2, -0.15) is 8.42 Å². The molecule has 0 saturated carbocycles. The number of hydrogen-bond acceptors (Lipinski definition) is 5. The van der Waals surface area contributed by atoms with Gasteiger partial charge in [-0.3, -0.25) is 14.7 Å². The Bertz CT molecular complexity index is 470. The Morgan fingerprint density at radius 2 is 2.13 bits per heavy atom. The van der Waals surface area contributed by atoms with Crippen LogP contribution in [0.1, 0.15) is 0 Å². The van der Waals surface area contributed by atoms with Crippen LogP contribution in [0, 0.1) is 10.1 Å². The van der Waals surface area contributed by atoms with Crippen LogP contribution in [-0.2, 0) is 10.1 Å². The summed E-state index contributed by atoms with van der Waals surface area (Å²) in [6.07, 6.45) is 0. The first kappa shape index (κ1) is 11.4. The molecule has 0 aliphatic rings. The van der Waals surface area contributed by atoms with Gasteiger partial charge in [-0.15, -0.1) is 0 Å². The Labute approximate surface area is 85.6 Å². The molecule has 0 radical (unpaired) electrons. The highest BCUT2D eigenvalue weighted by Gasteiger charge is 2.07. The molecule has 8 heteroatoms. The lowest BCUT2D eigenvalue weighted by molar-refractivity contribution is -0.384. The van der Waals surface area contributed by atoms with E-state index in [0.29, 0.717) is 0 Å². The van der Waals surface area contributed by atoms with Crippen LogP contribution >= 0.6 is 0 Å². The van der Waals surface area contributed by atoms with Gasteiger partial charge in [0.15, 0.2) is 0 Å². The van der Waals surface area contributed by atoms with E-state index in [1.807, 2.05) is 0 Å². The van der Waals surface area contributed by atoms with Gasteiger partial charge < -0.3 is 5.32 Å². The molecule has 0 aromatic heterocycles. The average molecular weight is 232 g/mol. The van der Waals surface area contributed by atoms with Gasteiger partial charge in [0.25, 0.3) is 15.8 Å². The fraction of sp³-hybridized carbons (Fsp3) is 0.143. The van der Waals surface area contributed by atoms with Crippen molar-refractivity contribution in [1.82, 2.24) is 0 Å². The number of nitro benzene ring substituents is 1. The summed E-state index contributed by atoms with van der Waals surface area (Å²) in [5, 5.41) is 12.7. The predicted molar refractivity (Wildman–Crippen MR) is 53.1 cm³/mol. The van der Waals surface area contributed by atoms with Gasteiger partial charge in [0.05, 0.1) is 4.92 Å². The number of anilines is 1. The van der Waals surface area contributed by atoms with Crippen molar-refractivity contribution in [2.75, 3.05) is 11.2 Å². The second kappa shape index (κ2) is 4.24. The molecule has 0 bridgehead atoms. The van der Waals surface area contributed by atoms with Gasteiger partial charge in [-0.25, -0.2) is 0 Å². The summed E-state index contributed by atoms with van der Waals surface area (Å²) >= 11 is 0. The third kappa shape index (κ3) is 3.92. The maximum atomic E-state index is 10.4. The fourth-order valence-electron chi connectivity index (χ4n) is 0.904. The Morgan fingerprint density at radius 1 is 1.47 bits per heavy atom. The molecular formula is C7H8N2O5S. The molecule has 0 amide bonds. The Morgan fingerprint density at radius 3 is 2.67 bits per heavy atom. The fourth-order valence-corrected chi connectivity index (χ4v) is 1.25. The van der Waals surface area contributed by atoms with Crippen LogP contribution in [0.5, 0.6) is 0 Å². The van der Waals surface area contributed by atoms with Crippen LogP contribution in [0.3, 0.4) is 0 Å². The third-order valence-corrected chi connectivity index (χ3v) is 2.02. The van der Waals surface area contributed by atoms with Crippen LogP contribution in [0.15, 0.2) is 24.3 Å². The zero-order chi connectivity index (χ0) is 11.5. The lowest BCUT2D eigenvalue weighted by Gasteiger charge is -2.02.